The lowest BCUT2D eigenvalue weighted by Crippen LogP contribution is -2.17. The summed E-state index contributed by atoms with van der Waals surface area (Å²) in [5, 5.41) is 7.11. The zero-order valence-corrected chi connectivity index (χ0v) is 10.1. The van der Waals surface area contributed by atoms with Gasteiger partial charge >= 0.3 is 0 Å². The summed E-state index contributed by atoms with van der Waals surface area (Å²) in [4.78, 5) is 0. The number of ether oxygens (including phenoxy) is 1. The monoisotopic (exact) mass is 231 g/mol. The van der Waals surface area contributed by atoms with Gasteiger partial charge in [0.15, 0.2) is 0 Å². The fourth-order valence-corrected chi connectivity index (χ4v) is 1.90. The van der Waals surface area contributed by atoms with Gasteiger partial charge in [0, 0.05) is 11.6 Å². The molecule has 0 spiro atoms. The average molecular weight is 231 g/mol. The molecule has 1 unspecified atom stereocenters. The van der Waals surface area contributed by atoms with Crippen LogP contribution < -0.4 is 10.5 Å². The van der Waals surface area contributed by atoms with Crippen LogP contribution in [0, 0.1) is 0 Å². The zero-order chi connectivity index (χ0) is 12.3. The van der Waals surface area contributed by atoms with E-state index in [2.05, 4.69) is 10.2 Å². The molecular weight excluding hydrogens is 214 g/mol. The molecule has 0 saturated heterocycles. The highest BCUT2D eigenvalue weighted by Crippen LogP contribution is 2.30. The minimum Gasteiger partial charge on any atom is -0.496 e. The number of para-hydroxylation sites is 1. The van der Waals surface area contributed by atoms with Crippen LogP contribution in [-0.4, -0.2) is 23.3 Å². The number of nitrogens with one attached hydrogen (secondary N) is 1. The van der Waals surface area contributed by atoms with Gasteiger partial charge in [-0.1, -0.05) is 12.1 Å². The molecule has 0 aliphatic carbocycles. The first kappa shape index (κ1) is 11.7. The van der Waals surface area contributed by atoms with Gasteiger partial charge in [0.2, 0.25) is 0 Å². The molecule has 0 amide bonds. The Labute approximate surface area is 101 Å². The summed E-state index contributed by atoms with van der Waals surface area (Å²) in [6.07, 6.45) is 2.62. The lowest BCUT2D eigenvalue weighted by molar-refractivity contribution is 0.416. The van der Waals surface area contributed by atoms with E-state index in [4.69, 9.17) is 10.5 Å². The molecule has 0 radical (unpaired) electrons. The van der Waals surface area contributed by atoms with E-state index in [0.29, 0.717) is 0 Å². The van der Waals surface area contributed by atoms with Crippen molar-refractivity contribution in [2.45, 2.75) is 19.4 Å². The Hall–Kier alpha value is -1.81. The fourth-order valence-electron chi connectivity index (χ4n) is 1.90. The smallest absolute Gasteiger partial charge is 0.128 e. The highest BCUT2D eigenvalue weighted by Gasteiger charge is 2.12. The summed E-state index contributed by atoms with van der Waals surface area (Å²) < 4.78 is 5.35. The molecule has 2 aromatic rings. The van der Waals surface area contributed by atoms with Crippen molar-refractivity contribution in [3.63, 3.8) is 0 Å². The van der Waals surface area contributed by atoms with Crippen LogP contribution in [-0.2, 0) is 6.42 Å². The Morgan fingerprint density at radius 2 is 2.18 bits per heavy atom. The summed E-state index contributed by atoms with van der Waals surface area (Å²) in [5.41, 5.74) is 8.95. The molecule has 4 nitrogen and oxygen atoms in total. The van der Waals surface area contributed by atoms with Crippen molar-refractivity contribution in [1.29, 1.82) is 0 Å². The van der Waals surface area contributed by atoms with Gasteiger partial charge in [-0.05, 0) is 31.0 Å². The summed E-state index contributed by atoms with van der Waals surface area (Å²) in [6.45, 7) is 1.99. The van der Waals surface area contributed by atoms with Crippen LogP contribution in [0.1, 0.15) is 12.5 Å². The van der Waals surface area contributed by atoms with Gasteiger partial charge in [-0.25, -0.2) is 0 Å². The van der Waals surface area contributed by atoms with Gasteiger partial charge < -0.3 is 10.5 Å². The largest absolute Gasteiger partial charge is 0.496 e. The number of aromatic amines is 1. The molecule has 1 aromatic heterocycles. The van der Waals surface area contributed by atoms with Crippen molar-refractivity contribution in [3.05, 3.63) is 36.0 Å². The van der Waals surface area contributed by atoms with E-state index < -0.39 is 0 Å². The molecule has 1 atom stereocenters. The lowest BCUT2D eigenvalue weighted by Gasteiger charge is -2.09. The fraction of sp³-hybridized carbons (Fsp3) is 0.308. The van der Waals surface area contributed by atoms with Gasteiger partial charge in [0.05, 0.1) is 19.0 Å². The normalized spacial score (nSPS) is 12.4. The quantitative estimate of drug-likeness (QED) is 0.845. The van der Waals surface area contributed by atoms with E-state index in [-0.39, 0.29) is 6.04 Å². The van der Waals surface area contributed by atoms with E-state index in [1.807, 2.05) is 37.4 Å². The van der Waals surface area contributed by atoms with Crippen molar-refractivity contribution in [2.24, 2.45) is 5.73 Å². The Bertz CT molecular complexity index is 491. The maximum Gasteiger partial charge on any atom is 0.128 e. The van der Waals surface area contributed by atoms with Crippen LogP contribution in [0.5, 0.6) is 5.75 Å². The number of hydrogen-bond donors (Lipinski definition) is 2. The van der Waals surface area contributed by atoms with E-state index in [0.717, 1.165) is 29.0 Å². The summed E-state index contributed by atoms with van der Waals surface area (Å²) in [5.74, 6) is 0.836. The molecule has 1 aromatic carbocycles. The van der Waals surface area contributed by atoms with Crippen LogP contribution in [0.4, 0.5) is 0 Å². The van der Waals surface area contributed by atoms with Crippen molar-refractivity contribution in [1.82, 2.24) is 10.2 Å². The maximum atomic E-state index is 5.83. The van der Waals surface area contributed by atoms with Gasteiger partial charge in [-0.2, -0.15) is 5.10 Å². The first-order valence-electron chi connectivity index (χ1n) is 5.63. The molecule has 4 heteroatoms. The van der Waals surface area contributed by atoms with E-state index in [1.165, 1.54) is 0 Å². The first-order chi connectivity index (χ1) is 8.22. The van der Waals surface area contributed by atoms with Crippen LogP contribution in [0.2, 0.25) is 0 Å². The third-order valence-electron chi connectivity index (χ3n) is 2.64. The third-order valence-corrected chi connectivity index (χ3v) is 2.64. The second kappa shape index (κ2) is 5.01. The molecule has 90 valence electrons. The second-order valence-corrected chi connectivity index (χ2v) is 4.15. The number of benzene rings is 1. The van der Waals surface area contributed by atoms with Gasteiger partial charge in [-0.15, -0.1) is 0 Å². The molecular formula is C13H17N3O. The number of aromatic nitrogens is 2. The maximum absolute atomic E-state index is 5.83. The minimum atomic E-state index is 0.112. The van der Waals surface area contributed by atoms with Crippen molar-refractivity contribution >= 4 is 0 Å². The Morgan fingerprint density at radius 3 is 2.88 bits per heavy atom. The summed E-state index contributed by atoms with van der Waals surface area (Å²) in [7, 11) is 1.67. The Morgan fingerprint density at radius 1 is 1.41 bits per heavy atom. The van der Waals surface area contributed by atoms with Crippen molar-refractivity contribution < 1.29 is 4.74 Å². The average Bonchev–Trinajstić information content (AvgIpc) is 2.76. The van der Waals surface area contributed by atoms with Crippen LogP contribution in [0.25, 0.3) is 11.3 Å². The molecule has 0 bridgehead atoms. The number of nitrogens with two attached hydrogens (primary N) is 1. The molecule has 0 fully saturated rings. The number of hydrogen-bond acceptors (Lipinski definition) is 3. The highest BCUT2D eigenvalue weighted by molar-refractivity contribution is 5.69. The lowest BCUT2D eigenvalue weighted by atomic mass is 10.0. The summed E-state index contributed by atoms with van der Waals surface area (Å²) in [6, 6.07) is 7.99. The number of H-pyrrole nitrogens is 1. The van der Waals surface area contributed by atoms with E-state index >= 15 is 0 Å². The van der Waals surface area contributed by atoms with Gasteiger partial charge in [-0.3, -0.25) is 5.10 Å². The molecule has 0 aliphatic heterocycles. The predicted octanol–water partition coefficient (Wildman–Crippen LogP) is 1.97. The van der Waals surface area contributed by atoms with E-state index in [9.17, 15) is 0 Å². The van der Waals surface area contributed by atoms with Crippen molar-refractivity contribution in [3.8, 4) is 17.0 Å². The van der Waals surface area contributed by atoms with Crippen LogP contribution >= 0.6 is 0 Å². The topological polar surface area (TPSA) is 63.9 Å². The van der Waals surface area contributed by atoms with E-state index in [1.54, 1.807) is 7.11 Å². The number of methoxy groups -OCH3 is 1. The van der Waals surface area contributed by atoms with Crippen molar-refractivity contribution in [2.75, 3.05) is 7.11 Å². The number of nitrogens with zero attached hydrogens (tertiary/aromatic N) is 1. The molecule has 0 saturated carbocycles. The van der Waals surface area contributed by atoms with Gasteiger partial charge in [0.25, 0.3) is 0 Å². The minimum absolute atomic E-state index is 0.112. The Kier molecular flexibility index (Phi) is 3.44. The number of rotatable bonds is 4. The van der Waals surface area contributed by atoms with Crippen LogP contribution in [0.3, 0.4) is 0 Å². The third kappa shape index (κ3) is 2.47. The SMILES string of the molecule is COc1ccccc1-c1[nH]ncc1CC(C)N. The zero-order valence-electron chi connectivity index (χ0n) is 10.1. The molecule has 1 heterocycles. The predicted molar refractivity (Wildman–Crippen MR) is 67.9 cm³/mol. The highest BCUT2D eigenvalue weighted by atomic mass is 16.5. The molecule has 0 aliphatic rings. The first-order valence-corrected chi connectivity index (χ1v) is 5.63. The second-order valence-electron chi connectivity index (χ2n) is 4.15. The molecule has 3 N–H and O–H groups in total. The Balaban J connectivity index is 2.42. The van der Waals surface area contributed by atoms with Gasteiger partial charge in [0.1, 0.15) is 5.75 Å². The summed E-state index contributed by atoms with van der Waals surface area (Å²) >= 11 is 0. The standard InChI is InChI=1S/C13H17N3O/c1-9(14)7-10-8-15-16-13(10)11-5-3-4-6-12(11)17-2/h3-6,8-9H,7,14H2,1-2H3,(H,15,16). The van der Waals surface area contributed by atoms with Crippen LogP contribution in [0.15, 0.2) is 30.5 Å². The molecule has 17 heavy (non-hydrogen) atoms. The molecule has 2 rings (SSSR count).